The maximum absolute atomic E-state index is 11.7. The summed E-state index contributed by atoms with van der Waals surface area (Å²) in [5.74, 6) is 0.475. The average Bonchev–Trinajstić information content (AvgIpc) is 1.97. The van der Waals surface area contributed by atoms with Gasteiger partial charge in [-0.15, -0.1) is 11.6 Å². The van der Waals surface area contributed by atoms with Crippen molar-refractivity contribution in [1.29, 1.82) is 0 Å². The molecule has 0 fully saturated rings. The zero-order valence-electron chi connectivity index (χ0n) is 9.67. The van der Waals surface area contributed by atoms with Crippen LogP contribution >= 0.6 is 11.6 Å². The van der Waals surface area contributed by atoms with E-state index in [1.807, 2.05) is 13.8 Å². The van der Waals surface area contributed by atoms with Gasteiger partial charge in [0.2, 0.25) is 0 Å². The van der Waals surface area contributed by atoms with E-state index in [4.69, 9.17) is 11.6 Å². The van der Waals surface area contributed by atoms with Gasteiger partial charge in [-0.05, 0) is 40.0 Å². The van der Waals surface area contributed by atoms with Gasteiger partial charge in [-0.3, -0.25) is 0 Å². The molecule has 2 nitrogen and oxygen atoms in total. The van der Waals surface area contributed by atoms with Crippen LogP contribution < -0.4 is 0 Å². The van der Waals surface area contributed by atoms with Crippen LogP contribution in [0.2, 0.25) is 0 Å². The summed E-state index contributed by atoms with van der Waals surface area (Å²) in [6, 6.07) is 0. The maximum atomic E-state index is 11.7. The van der Waals surface area contributed by atoms with E-state index in [1.54, 1.807) is 20.8 Å². The Balaban J connectivity index is 4.29. The summed E-state index contributed by atoms with van der Waals surface area (Å²) in [4.78, 5) is 0. The number of sulfone groups is 1. The fourth-order valence-corrected chi connectivity index (χ4v) is 2.30. The van der Waals surface area contributed by atoms with Gasteiger partial charge < -0.3 is 0 Å². The topological polar surface area (TPSA) is 34.1 Å². The highest BCUT2D eigenvalue weighted by Crippen LogP contribution is 2.21. The van der Waals surface area contributed by atoms with Crippen LogP contribution in [0.4, 0.5) is 0 Å². The molecular weight excluding hydrogens is 220 g/mol. The normalized spacial score (nSPS) is 17.9. The summed E-state index contributed by atoms with van der Waals surface area (Å²) in [6.45, 7) is 9.08. The van der Waals surface area contributed by atoms with E-state index in [1.165, 1.54) is 0 Å². The van der Waals surface area contributed by atoms with Crippen LogP contribution in [0.5, 0.6) is 0 Å². The molecule has 0 N–H and O–H groups in total. The SMILES string of the molecule is CC(Cl)C(C)CCS(=O)(=O)C(C)(C)C. The van der Waals surface area contributed by atoms with Gasteiger partial charge in [0, 0.05) is 5.38 Å². The molecule has 0 saturated heterocycles. The lowest BCUT2D eigenvalue weighted by molar-refractivity contribution is 0.523. The lowest BCUT2D eigenvalue weighted by Crippen LogP contribution is -2.31. The molecule has 4 heteroatoms. The Hall–Kier alpha value is 0.240. The van der Waals surface area contributed by atoms with Crippen molar-refractivity contribution < 1.29 is 8.42 Å². The summed E-state index contributed by atoms with van der Waals surface area (Å²) in [6.07, 6.45) is 0.643. The van der Waals surface area contributed by atoms with Gasteiger partial charge in [-0.1, -0.05) is 6.92 Å². The van der Waals surface area contributed by atoms with Crippen molar-refractivity contribution in [2.24, 2.45) is 5.92 Å². The average molecular weight is 241 g/mol. The Bertz CT molecular complexity index is 262. The minimum absolute atomic E-state index is 0.0326. The third-order valence-electron chi connectivity index (χ3n) is 2.56. The maximum Gasteiger partial charge on any atom is 0.155 e. The van der Waals surface area contributed by atoms with Crippen molar-refractivity contribution in [3.63, 3.8) is 0 Å². The molecule has 0 bridgehead atoms. The minimum atomic E-state index is -2.98. The van der Waals surface area contributed by atoms with Gasteiger partial charge in [0.05, 0.1) is 10.5 Å². The molecule has 0 amide bonds. The second-order valence-electron chi connectivity index (χ2n) is 4.87. The van der Waals surface area contributed by atoms with E-state index in [2.05, 4.69) is 0 Å². The molecular formula is C10H21ClO2S. The summed E-state index contributed by atoms with van der Waals surface area (Å²) >= 11 is 5.88. The first-order chi connectivity index (χ1) is 6.08. The number of hydrogen-bond donors (Lipinski definition) is 0. The molecule has 14 heavy (non-hydrogen) atoms. The van der Waals surface area contributed by atoms with Crippen molar-refractivity contribution in [1.82, 2.24) is 0 Å². The first-order valence-corrected chi connectivity index (χ1v) is 7.03. The van der Waals surface area contributed by atoms with Crippen LogP contribution in [0.1, 0.15) is 41.0 Å². The summed E-state index contributed by atoms with van der Waals surface area (Å²) in [5, 5.41) is 0.0326. The van der Waals surface area contributed by atoms with E-state index >= 15 is 0 Å². The standard InChI is InChI=1S/C10H21ClO2S/c1-8(9(2)11)6-7-14(12,13)10(3,4)5/h8-9H,6-7H2,1-5H3. The molecule has 0 aliphatic rings. The van der Waals surface area contributed by atoms with Crippen molar-refractivity contribution in [3.05, 3.63) is 0 Å². The largest absolute Gasteiger partial charge is 0.228 e. The fourth-order valence-electron chi connectivity index (χ4n) is 0.877. The molecule has 0 aliphatic heterocycles. The number of hydrogen-bond acceptors (Lipinski definition) is 2. The quantitative estimate of drug-likeness (QED) is 0.709. The second kappa shape index (κ2) is 4.84. The van der Waals surface area contributed by atoms with Crippen molar-refractivity contribution in [3.8, 4) is 0 Å². The fraction of sp³-hybridized carbons (Fsp3) is 1.00. The van der Waals surface area contributed by atoms with E-state index in [-0.39, 0.29) is 17.0 Å². The Labute approximate surface area is 93.0 Å². The van der Waals surface area contributed by atoms with E-state index in [0.717, 1.165) is 0 Å². The highest BCUT2D eigenvalue weighted by atomic mass is 35.5. The Morgan fingerprint density at radius 2 is 1.64 bits per heavy atom. The van der Waals surface area contributed by atoms with Crippen LogP contribution in [0.15, 0.2) is 0 Å². The molecule has 86 valence electrons. The molecule has 0 aromatic carbocycles. The molecule has 2 unspecified atom stereocenters. The van der Waals surface area contributed by atoms with E-state index in [9.17, 15) is 8.42 Å². The second-order valence-corrected chi connectivity index (χ2v) is 8.43. The van der Waals surface area contributed by atoms with Gasteiger partial charge >= 0.3 is 0 Å². The third kappa shape index (κ3) is 4.18. The molecule has 0 rings (SSSR count). The molecule has 0 heterocycles. The number of rotatable bonds is 4. The molecule has 2 atom stereocenters. The van der Waals surface area contributed by atoms with E-state index < -0.39 is 14.6 Å². The van der Waals surface area contributed by atoms with Crippen molar-refractivity contribution in [2.45, 2.75) is 51.2 Å². The van der Waals surface area contributed by atoms with Gasteiger partial charge in [0.25, 0.3) is 0 Å². The number of alkyl halides is 1. The Morgan fingerprint density at radius 1 is 1.21 bits per heavy atom. The smallest absolute Gasteiger partial charge is 0.155 e. The van der Waals surface area contributed by atoms with Crippen LogP contribution in [0.3, 0.4) is 0 Å². The minimum Gasteiger partial charge on any atom is -0.228 e. The first-order valence-electron chi connectivity index (χ1n) is 4.94. The van der Waals surface area contributed by atoms with Gasteiger partial charge in [0.15, 0.2) is 9.84 Å². The first kappa shape index (κ1) is 14.2. The van der Waals surface area contributed by atoms with Crippen molar-refractivity contribution >= 4 is 21.4 Å². The molecule has 0 spiro atoms. The molecule has 0 aromatic heterocycles. The monoisotopic (exact) mass is 240 g/mol. The van der Waals surface area contributed by atoms with Crippen molar-refractivity contribution in [2.75, 3.05) is 5.75 Å². The third-order valence-corrected chi connectivity index (χ3v) is 5.63. The summed E-state index contributed by atoms with van der Waals surface area (Å²) in [7, 11) is -2.98. The summed E-state index contributed by atoms with van der Waals surface area (Å²) < 4.78 is 22.8. The molecule has 0 aromatic rings. The van der Waals surface area contributed by atoms with Crippen LogP contribution in [0, 0.1) is 5.92 Å². The highest BCUT2D eigenvalue weighted by Gasteiger charge is 2.29. The lowest BCUT2D eigenvalue weighted by atomic mass is 10.1. The summed E-state index contributed by atoms with van der Waals surface area (Å²) in [5.41, 5.74) is 0. The molecule has 0 saturated carbocycles. The predicted octanol–water partition coefficient (Wildman–Crippen LogP) is 2.85. The Kier molecular flexibility index (Phi) is 4.93. The van der Waals surface area contributed by atoms with Crippen LogP contribution in [-0.2, 0) is 9.84 Å². The number of halogens is 1. The zero-order chi connectivity index (χ0) is 11.6. The zero-order valence-corrected chi connectivity index (χ0v) is 11.2. The predicted molar refractivity (Wildman–Crippen MR) is 62.6 cm³/mol. The highest BCUT2D eigenvalue weighted by molar-refractivity contribution is 7.92. The molecule has 0 radical (unpaired) electrons. The van der Waals surface area contributed by atoms with E-state index in [0.29, 0.717) is 6.42 Å². The lowest BCUT2D eigenvalue weighted by Gasteiger charge is -2.21. The van der Waals surface area contributed by atoms with Gasteiger partial charge in [0.1, 0.15) is 0 Å². The van der Waals surface area contributed by atoms with Crippen LogP contribution in [0.25, 0.3) is 0 Å². The van der Waals surface area contributed by atoms with Gasteiger partial charge in [-0.25, -0.2) is 8.42 Å². The van der Waals surface area contributed by atoms with Gasteiger partial charge in [-0.2, -0.15) is 0 Å². The molecule has 0 aliphatic carbocycles. The Morgan fingerprint density at radius 3 is 1.93 bits per heavy atom. The van der Waals surface area contributed by atoms with Crippen LogP contribution in [-0.4, -0.2) is 24.3 Å².